The maximum absolute atomic E-state index is 13.3. The zero-order chi connectivity index (χ0) is 10.7. The van der Waals surface area contributed by atoms with Gasteiger partial charge in [-0.2, -0.15) is 0 Å². The summed E-state index contributed by atoms with van der Waals surface area (Å²) in [5.74, 6) is -0.207. The van der Waals surface area contributed by atoms with E-state index in [1.807, 2.05) is 30.5 Å². The van der Waals surface area contributed by atoms with Crippen LogP contribution in [0.2, 0.25) is 0 Å². The summed E-state index contributed by atoms with van der Waals surface area (Å²) in [6, 6.07) is 10.9. The molecule has 1 heterocycles. The van der Waals surface area contributed by atoms with E-state index in [9.17, 15) is 4.39 Å². The van der Waals surface area contributed by atoms with Crippen LogP contribution in [0.25, 0.3) is 0 Å². The van der Waals surface area contributed by atoms with Crippen molar-refractivity contribution >= 4 is 17.0 Å². The number of para-hydroxylation sites is 1. The van der Waals surface area contributed by atoms with Gasteiger partial charge in [-0.15, -0.1) is 11.3 Å². The van der Waals surface area contributed by atoms with E-state index in [0.29, 0.717) is 5.69 Å². The average Bonchev–Trinajstić information content (AvgIpc) is 2.74. The van der Waals surface area contributed by atoms with Crippen molar-refractivity contribution in [2.24, 2.45) is 0 Å². The Kier molecular flexibility index (Phi) is 3.02. The maximum atomic E-state index is 13.3. The first kappa shape index (κ1) is 10.2. The van der Waals surface area contributed by atoms with E-state index in [1.165, 1.54) is 10.9 Å². The molecule has 78 valence electrons. The molecule has 0 bridgehead atoms. The van der Waals surface area contributed by atoms with Gasteiger partial charge in [-0.3, -0.25) is 0 Å². The number of nitrogens with one attached hydrogen (secondary N) is 1. The minimum Gasteiger partial charge on any atom is -0.375 e. The Morgan fingerprint density at radius 3 is 2.67 bits per heavy atom. The van der Waals surface area contributed by atoms with Crippen molar-refractivity contribution in [1.29, 1.82) is 0 Å². The maximum Gasteiger partial charge on any atom is 0.146 e. The highest BCUT2D eigenvalue weighted by atomic mass is 32.1. The van der Waals surface area contributed by atoms with Gasteiger partial charge in [-0.25, -0.2) is 4.39 Å². The van der Waals surface area contributed by atoms with Gasteiger partial charge in [0.1, 0.15) is 5.82 Å². The summed E-state index contributed by atoms with van der Waals surface area (Å²) < 4.78 is 13.3. The lowest BCUT2D eigenvalue weighted by atomic mass is 10.2. The molecule has 2 rings (SSSR count). The summed E-state index contributed by atoms with van der Waals surface area (Å²) in [5.41, 5.74) is 0.554. The highest BCUT2D eigenvalue weighted by Gasteiger charge is 2.08. The van der Waals surface area contributed by atoms with Crippen molar-refractivity contribution in [3.8, 4) is 0 Å². The number of halogens is 1. The van der Waals surface area contributed by atoms with Crippen LogP contribution < -0.4 is 5.32 Å². The molecule has 0 aliphatic heterocycles. The van der Waals surface area contributed by atoms with Crippen molar-refractivity contribution in [2.75, 3.05) is 5.32 Å². The predicted octanol–water partition coefficient (Wildman–Crippen LogP) is 4.06. The smallest absolute Gasteiger partial charge is 0.146 e. The Morgan fingerprint density at radius 1 is 1.20 bits per heavy atom. The molecule has 1 aromatic heterocycles. The van der Waals surface area contributed by atoms with Crippen molar-refractivity contribution in [3.05, 3.63) is 52.5 Å². The molecule has 1 atom stereocenters. The number of hydrogen-bond donors (Lipinski definition) is 1. The summed E-state index contributed by atoms with van der Waals surface area (Å²) in [7, 11) is 0. The van der Waals surface area contributed by atoms with E-state index >= 15 is 0 Å². The lowest BCUT2D eigenvalue weighted by molar-refractivity contribution is 0.628. The molecule has 0 amide bonds. The van der Waals surface area contributed by atoms with Crippen molar-refractivity contribution in [1.82, 2.24) is 0 Å². The molecule has 0 unspecified atom stereocenters. The molecule has 0 aliphatic rings. The van der Waals surface area contributed by atoms with E-state index in [4.69, 9.17) is 0 Å². The molecular weight excluding hydrogens is 209 g/mol. The molecule has 1 aromatic carbocycles. The third kappa shape index (κ3) is 2.36. The minimum atomic E-state index is -0.207. The van der Waals surface area contributed by atoms with Crippen LogP contribution in [0.1, 0.15) is 17.8 Å². The van der Waals surface area contributed by atoms with Gasteiger partial charge < -0.3 is 5.32 Å². The van der Waals surface area contributed by atoms with Crippen LogP contribution in [0, 0.1) is 5.82 Å². The molecule has 0 aliphatic carbocycles. The van der Waals surface area contributed by atoms with Crippen LogP contribution in [-0.2, 0) is 0 Å². The highest BCUT2D eigenvalue weighted by molar-refractivity contribution is 7.10. The monoisotopic (exact) mass is 221 g/mol. The lowest BCUT2D eigenvalue weighted by Crippen LogP contribution is -2.05. The van der Waals surface area contributed by atoms with E-state index in [-0.39, 0.29) is 11.9 Å². The summed E-state index contributed by atoms with van der Waals surface area (Å²) in [6.07, 6.45) is 0. The van der Waals surface area contributed by atoms with E-state index in [0.717, 1.165) is 0 Å². The Morgan fingerprint density at radius 2 is 2.00 bits per heavy atom. The molecule has 1 N–H and O–H groups in total. The fraction of sp³-hybridized carbons (Fsp3) is 0.167. The largest absolute Gasteiger partial charge is 0.375 e. The van der Waals surface area contributed by atoms with Gasteiger partial charge in [0.15, 0.2) is 0 Å². The van der Waals surface area contributed by atoms with Gasteiger partial charge in [0.25, 0.3) is 0 Å². The van der Waals surface area contributed by atoms with Crippen LogP contribution in [0.4, 0.5) is 10.1 Å². The molecule has 3 heteroatoms. The second-order valence-corrected chi connectivity index (χ2v) is 4.34. The summed E-state index contributed by atoms with van der Waals surface area (Å²) in [6.45, 7) is 2.03. The minimum absolute atomic E-state index is 0.141. The Hall–Kier alpha value is -1.35. The fourth-order valence-electron chi connectivity index (χ4n) is 1.42. The molecule has 15 heavy (non-hydrogen) atoms. The molecule has 0 radical (unpaired) electrons. The van der Waals surface area contributed by atoms with Crippen LogP contribution in [0.5, 0.6) is 0 Å². The van der Waals surface area contributed by atoms with E-state index in [1.54, 1.807) is 23.5 Å². The number of rotatable bonds is 3. The van der Waals surface area contributed by atoms with Gasteiger partial charge in [0, 0.05) is 4.88 Å². The highest BCUT2D eigenvalue weighted by Crippen LogP contribution is 2.24. The normalized spacial score (nSPS) is 12.4. The molecule has 0 fully saturated rings. The van der Waals surface area contributed by atoms with Crippen LogP contribution >= 0.6 is 11.3 Å². The Balaban J connectivity index is 2.13. The first-order valence-electron chi connectivity index (χ1n) is 4.82. The van der Waals surface area contributed by atoms with E-state index < -0.39 is 0 Å². The first-order valence-corrected chi connectivity index (χ1v) is 5.70. The average molecular weight is 221 g/mol. The topological polar surface area (TPSA) is 12.0 Å². The third-order valence-electron chi connectivity index (χ3n) is 2.22. The number of benzene rings is 1. The second kappa shape index (κ2) is 4.45. The van der Waals surface area contributed by atoms with E-state index in [2.05, 4.69) is 5.32 Å². The molecule has 0 saturated carbocycles. The van der Waals surface area contributed by atoms with Crippen molar-refractivity contribution in [3.63, 3.8) is 0 Å². The Labute approximate surface area is 92.6 Å². The van der Waals surface area contributed by atoms with Crippen LogP contribution in [-0.4, -0.2) is 0 Å². The van der Waals surface area contributed by atoms with Gasteiger partial charge in [-0.05, 0) is 30.5 Å². The van der Waals surface area contributed by atoms with Gasteiger partial charge in [-0.1, -0.05) is 18.2 Å². The molecule has 0 spiro atoms. The van der Waals surface area contributed by atoms with Crippen LogP contribution in [0.15, 0.2) is 41.8 Å². The summed E-state index contributed by atoms with van der Waals surface area (Å²) in [5, 5.41) is 5.17. The van der Waals surface area contributed by atoms with Gasteiger partial charge >= 0.3 is 0 Å². The zero-order valence-corrected chi connectivity index (χ0v) is 9.22. The molecular formula is C12H12FNS. The van der Waals surface area contributed by atoms with Gasteiger partial charge in [0.05, 0.1) is 11.7 Å². The number of thiophene rings is 1. The molecule has 2 aromatic rings. The standard InChI is InChI=1S/C12H12FNS/c1-9(12-7-4-8-15-12)14-11-6-3-2-5-10(11)13/h2-9,14H,1H3/t9-/m0/s1. The zero-order valence-electron chi connectivity index (χ0n) is 8.41. The molecule has 1 nitrogen and oxygen atoms in total. The molecule has 0 saturated heterocycles. The fourth-order valence-corrected chi connectivity index (χ4v) is 2.15. The van der Waals surface area contributed by atoms with Gasteiger partial charge in [0.2, 0.25) is 0 Å². The van der Waals surface area contributed by atoms with Crippen LogP contribution in [0.3, 0.4) is 0 Å². The lowest BCUT2D eigenvalue weighted by Gasteiger charge is -2.13. The summed E-state index contributed by atoms with van der Waals surface area (Å²) in [4.78, 5) is 1.21. The quantitative estimate of drug-likeness (QED) is 0.824. The summed E-state index contributed by atoms with van der Waals surface area (Å²) >= 11 is 1.67. The number of anilines is 1. The first-order chi connectivity index (χ1) is 7.27. The third-order valence-corrected chi connectivity index (χ3v) is 3.27. The Bertz CT molecular complexity index is 425. The van der Waals surface area contributed by atoms with Crippen molar-refractivity contribution in [2.45, 2.75) is 13.0 Å². The second-order valence-electron chi connectivity index (χ2n) is 3.36. The van der Waals surface area contributed by atoms with Crippen molar-refractivity contribution < 1.29 is 4.39 Å². The SMILES string of the molecule is C[C@H](Nc1ccccc1F)c1cccs1. The number of hydrogen-bond acceptors (Lipinski definition) is 2. The predicted molar refractivity (Wildman–Crippen MR) is 62.8 cm³/mol.